The summed E-state index contributed by atoms with van der Waals surface area (Å²) in [4.78, 5) is 13.3. The molecular weight excluding hydrogens is 280 g/mol. The second kappa shape index (κ2) is 5.48. The van der Waals surface area contributed by atoms with Gasteiger partial charge in [0.25, 0.3) is 5.91 Å². The van der Waals surface area contributed by atoms with Gasteiger partial charge in [-0.15, -0.1) is 0 Å². The maximum atomic E-state index is 12.0. The highest BCUT2D eigenvalue weighted by atomic mass is 32.2. The number of nitrogens with one attached hydrogen (secondary N) is 1. The molecule has 0 radical (unpaired) electrons. The zero-order chi connectivity index (χ0) is 14.9. The third kappa shape index (κ3) is 2.59. The Morgan fingerprint density at radius 1 is 1.30 bits per heavy atom. The monoisotopic (exact) mass is 293 g/mol. The summed E-state index contributed by atoms with van der Waals surface area (Å²) in [5, 5.41) is 11.1. The molecule has 0 fully saturated rings. The van der Waals surface area contributed by atoms with E-state index in [1.165, 1.54) is 11.0 Å². The van der Waals surface area contributed by atoms with E-state index < -0.39 is 17.2 Å². The average Bonchev–Trinajstić information content (AvgIpc) is 2.40. The number of amides is 1. The Kier molecular flexibility index (Phi) is 3.91. The molecule has 2 aromatic rings. The predicted octanol–water partition coefficient (Wildman–Crippen LogP) is 1.45. The summed E-state index contributed by atoms with van der Waals surface area (Å²) in [6.07, 6.45) is 0. The molecule has 106 valence electrons. The number of phenolic OH excluding ortho intramolecular Hbond substituents is 1. The zero-order valence-corrected chi connectivity index (χ0v) is 11.7. The number of aromatic hydroxyl groups is 1. The molecule has 2 aromatic carbocycles. The summed E-state index contributed by atoms with van der Waals surface area (Å²) in [7, 11) is 3.10. The van der Waals surface area contributed by atoms with Crippen molar-refractivity contribution >= 4 is 33.6 Å². The molecule has 0 aliphatic heterocycles. The number of carbonyl (C=O) groups excluding carboxylic acids is 1. The van der Waals surface area contributed by atoms with Gasteiger partial charge in [0.1, 0.15) is 5.75 Å². The number of hydrogen-bond donors (Lipinski definition) is 2. The first kappa shape index (κ1) is 14.3. The van der Waals surface area contributed by atoms with Gasteiger partial charge in [0.2, 0.25) is 0 Å². The standard InChI is InChI=1S/C13H14N2O4S/c1-15(2)13(17)10-7-11(14-20(18)19)8-5-3-4-6-9(8)12(10)16/h3-7,14,16H,1-2H3,(H,18,19)/p-1. The number of phenols is 1. The van der Waals surface area contributed by atoms with Crippen LogP contribution in [0.3, 0.4) is 0 Å². The smallest absolute Gasteiger partial charge is 0.257 e. The zero-order valence-electron chi connectivity index (χ0n) is 10.9. The molecule has 1 unspecified atom stereocenters. The van der Waals surface area contributed by atoms with Crippen molar-refractivity contribution in [3.8, 4) is 5.75 Å². The molecule has 0 aromatic heterocycles. The Morgan fingerprint density at radius 3 is 2.45 bits per heavy atom. The van der Waals surface area contributed by atoms with E-state index in [0.717, 1.165) is 0 Å². The molecule has 6 nitrogen and oxygen atoms in total. The Hall–Kier alpha value is -2.12. The van der Waals surface area contributed by atoms with Gasteiger partial charge in [-0.2, -0.15) is 0 Å². The van der Waals surface area contributed by atoms with Crippen molar-refractivity contribution in [1.29, 1.82) is 0 Å². The van der Waals surface area contributed by atoms with E-state index in [0.29, 0.717) is 10.8 Å². The van der Waals surface area contributed by atoms with E-state index in [-0.39, 0.29) is 17.0 Å². The molecule has 0 bridgehead atoms. The van der Waals surface area contributed by atoms with Crippen molar-refractivity contribution in [2.75, 3.05) is 18.8 Å². The lowest BCUT2D eigenvalue weighted by Crippen LogP contribution is -2.22. The van der Waals surface area contributed by atoms with E-state index in [2.05, 4.69) is 4.72 Å². The SMILES string of the molecule is CN(C)C(=O)c1cc(NS(=O)[O-])c2ccccc2c1O. The van der Waals surface area contributed by atoms with Crippen molar-refractivity contribution in [2.45, 2.75) is 0 Å². The molecule has 0 aliphatic carbocycles. The van der Waals surface area contributed by atoms with Crippen LogP contribution in [0.5, 0.6) is 5.75 Å². The minimum atomic E-state index is -2.52. The number of anilines is 1. The fraction of sp³-hybridized carbons (Fsp3) is 0.154. The summed E-state index contributed by atoms with van der Waals surface area (Å²) in [6.45, 7) is 0. The van der Waals surface area contributed by atoms with Crippen LogP contribution in [-0.2, 0) is 11.3 Å². The van der Waals surface area contributed by atoms with Crippen LogP contribution >= 0.6 is 0 Å². The molecule has 0 aliphatic rings. The Labute approximate surface area is 118 Å². The quantitative estimate of drug-likeness (QED) is 0.661. The number of nitrogens with zero attached hydrogens (tertiary/aromatic N) is 1. The minimum Gasteiger partial charge on any atom is -0.755 e. The van der Waals surface area contributed by atoms with Gasteiger partial charge in [-0.1, -0.05) is 24.3 Å². The summed E-state index contributed by atoms with van der Waals surface area (Å²) in [6, 6.07) is 8.03. The normalized spacial score (nSPS) is 12.2. The maximum Gasteiger partial charge on any atom is 0.257 e. The van der Waals surface area contributed by atoms with Gasteiger partial charge in [-0.3, -0.25) is 9.00 Å². The largest absolute Gasteiger partial charge is 0.755 e. The third-order valence-electron chi connectivity index (χ3n) is 2.85. The van der Waals surface area contributed by atoms with Crippen LogP contribution in [0.2, 0.25) is 0 Å². The first-order valence-corrected chi connectivity index (χ1v) is 6.81. The molecule has 0 saturated carbocycles. The second-order valence-corrected chi connectivity index (χ2v) is 5.08. The van der Waals surface area contributed by atoms with E-state index in [4.69, 9.17) is 0 Å². The van der Waals surface area contributed by atoms with Crippen molar-refractivity contribution in [1.82, 2.24) is 4.90 Å². The van der Waals surface area contributed by atoms with Crippen LogP contribution in [0.25, 0.3) is 10.8 Å². The van der Waals surface area contributed by atoms with Crippen LogP contribution in [-0.4, -0.2) is 38.8 Å². The Bertz CT molecular complexity index is 700. The minimum absolute atomic E-state index is 0.0432. The summed E-state index contributed by atoms with van der Waals surface area (Å²) < 4.78 is 23.9. The predicted molar refractivity (Wildman–Crippen MR) is 76.2 cm³/mol. The molecule has 20 heavy (non-hydrogen) atoms. The van der Waals surface area contributed by atoms with Gasteiger partial charge in [0.05, 0.1) is 11.3 Å². The number of hydrogen-bond acceptors (Lipinski definition) is 4. The van der Waals surface area contributed by atoms with Crippen molar-refractivity contribution < 1.29 is 18.7 Å². The van der Waals surface area contributed by atoms with Crippen molar-refractivity contribution in [3.63, 3.8) is 0 Å². The Balaban J connectivity index is 2.74. The fourth-order valence-electron chi connectivity index (χ4n) is 1.94. The second-order valence-electron chi connectivity index (χ2n) is 4.40. The highest BCUT2D eigenvalue weighted by molar-refractivity contribution is 7.80. The molecule has 1 amide bonds. The van der Waals surface area contributed by atoms with E-state index in [1.54, 1.807) is 38.4 Å². The van der Waals surface area contributed by atoms with Crippen LogP contribution in [0.4, 0.5) is 5.69 Å². The van der Waals surface area contributed by atoms with Gasteiger partial charge >= 0.3 is 0 Å². The van der Waals surface area contributed by atoms with Crippen LogP contribution in [0, 0.1) is 0 Å². The fourth-order valence-corrected chi connectivity index (χ4v) is 2.29. The molecular formula is C13H13N2O4S-. The first-order chi connectivity index (χ1) is 9.41. The summed E-state index contributed by atoms with van der Waals surface area (Å²) in [5.41, 5.74) is 0.290. The van der Waals surface area contributed by atoms with Gasteiger partial charge in [0.15, 0.2) is 0 Å². The summed E-state index contributed by atoms with van der Waals surface area (Å²) in [5.74, 6) is -0.575. The van der Waals surface area contributed by atoms with Gasteiger partial charge in [0, 0.05) is 36.1 Å². The number of carbonyl (C=O) groups is 1. The molecule has 0 spiro atoms. The van der Waals surface area contributed by atoms with E-state index in [9.17, 15) is 18.7 Å². The van der Waals surface area contributed by atoms with Gasteiger partial charge in [-0.25, -0.2) is 0 Å². The summed E-state index contributed by atoms with van der Waals surface area (Å²) >= 11 is -2.52. The molecule has 0 heterocycles. The maximum absolute atomic E-state index is 12.0. The molecule has 2 N–H and O–H groups in total. The van der Waals surface area contributed by atoms with E-state index >= 15 is 0 Å². The number of fused-ring (bicyclic) bond motifs is 1. The van der Waals surface area contributed by atoms with Crippen molar-refractivity contribution in [2.24, 2.45) is 0 Å². The molecule has 0 saturated heterocycles. The highest BCUT2D eigenvalue weighted by Gasteiger charge is 2.18. The lowest BCUT2D eigenvalue weighted by atomic mass is 10.0. The number of benzene rings is 2. The highest BCUT2D eigenvalue weighted by Crippen LogP contribution is 2.35. The first-order valence-electron chi connectivity index (χ1n) is 5.74. The average molecular weight is 293 g/mol. The van der Waals surface area contributed by atoms with Crippen LogP contribution < -0.4 is 4.72 Å². The topological polar surface area (TPSA) is 92.7 Å². The molecule has 1 atom stereocenters. The molecule has 7 heteroatoms. The van der Waals surface area contributed by atoms with Gasteiger partial charge < -0.3 is 19.3 Å². The Morgan fingerprint density at radius 2 is 1.90 bits per heavy atom. The van der Waals surface area contributed by atoms with Gasteiger partial charge in [-0.05, 0) is 6.07 Å². The van der Waals surface area contributed by atoms with Crippen LogP contribution in [0.15, 0.2) is 30.3 Å². The third-order valence-corrected chi connectivity index (χ3v) is 3.23. The molecule has 2 rings (SSSR count). The lowest BCUT2D eigenvalue weighted by molar-refractivity contribution is 0.0825. The van der Waals surface area contributed by atoms with Crippen molar-refractivity contribution in [3.05, 3.63) is 35.9 Å². The lowest BCUT2D eigenvalue weighted by Gasteiger charge is -2.17. The number of rotatable bonds is 3. The van der Waals surface area contributed by atoms with E-state index in [1.807, 2.05) is 0 Å². The van der Waals surface area contributed by atoms with Crippen LogP contribution in [0.1, 0.15) is 10.4 Å².